The number of aliphatic hydroxyl groups is 18. The Morgan fingerprint density at radius 3 is 1.51 bits per heavy atom. The van der Waals surface area contributed by atoms with Gasteiger partial charge in [0.05, 0.1) is 57.5 Å². The molecule has 0 radical (unpaired) electrons. The quantitative estimate of drug-likeness (QED) is 0.0541. The molecule has 508 valence electrons. The fourth-order valence-corrected chi connectivity index (χ4v) is 18.0. The van der Waals surface area contributed by atoms with Crippen LogP contribution in [0.25, 0.3) is 0 Å². The lowest BCUT2D eigenvalue weighted by Crippen LogP contribution is -2.69. The maximum Gasteiger partial charge on any atom is 0.187 e. The molecule has 0 bridgehead atoms. The van der Waals surface area contributed by atoms with Crippen LogP contribution in [0.1, 0.15) is 107 Å². The highest BCUT2D eigenvalue weighted by molar-refractivity contribution is 5.35. The normalized spacial score (nSPS) is 55.3. The Morgan fingerprint density at radius 1 is 0.466 bits per heavy atom. The van der Waals surface area contributed by atoms with Gasteiger partial charge in [-0.25, -0.2) is 0 Å². The summed E-state index contributed by atoms with van der Waals surface area (Å²) >= 11 is 0. The molecule has 0 aromatic rings. The van der Waals surface area contributed by atoms with Crippen molar-refractivity contribution in [2.24, 2.45) is 50.2 Å². The molecule has 5 heterocycles. The van der Waals surface area contributed by atoms with Crippen LogP contribution in [-0.4, -0.2) is 297 Å². The van der Waals surface area contributed by atoms with Gasteiger partial charge in [0.15, 0.2) is 31.5 Å². The van der Waals surface area contributed by atoms with Gasteiger partial charge in [0.1, 0.15) is 116 Å². The van der Waals surface area contributed by atoms with Crippen LogP contribution in [0.3, 0.4) is 0 Å². The predicted octanol–water partition coefficient (Wildman–Crippen LogP) is -4.77. The van der Waals surface area contributed by atoms with Gasteiger partial charge in [-0.3, -0.25) is 0 Å². The Morgan fingerprint density at radius 2 is 0.955 bits per heavy atom. The molecule has 28 nitrogen and oxygen atoms in total. The van der Waals surface area contributed by atoms with Gasteiger partial charge >= 0.3 is 0 Å². The van der Waals surface area contributed by atoms with Crippen molar-refractivity contribution in [3.05, 3.63) is 11.6 Å². The lowest BCUT2D eigenvalue weighted by molar-refractivity contribution is -0.374. The summed E-state index contributed by atoms with van der Waals surface area (Å²) in [6.07, 6.45) is -36.5. The minimum Gasteiger partial charge on any atom is -0.394 e. The third-order valence-corrected chi connectivity index (χ3v) is 23.8. The summed E-state index contributed by atoms with van der Waals surface area (Å²) < 4.78 is 60.2. The first-order valence-electron chi connectivity index (χ1n) is 31.4. The zero-order valence-corrected chi connectivity index (χ0v) is 51.3. The summed E-state index contributed by atoms with van der Waals surface area (Å²) in [5.74, 6) is -0.207. The first-order valence-corrected chi connectivity index (χ1v) is 31.4. The molecule has 5 aliphatic heterocycles. The summed E-state index contributed by atoms with van der Waals surface area (Å²) in [4.78, 5) is 0. The van der Waals surface area contributed by atoms with E-state index < -0.39 is 226 Å². The van der Waals surface area contributed by atoms with Gasteiger partial charge in [-0.05, 0) is 103 Å². The number of allylic oxidation sites excluding steroid dienone is 2. The number of hydrogen-bond donors (Lipinski definition) is 18. The number of hydrogen-bond acceptors (Lipinski definition) is 28. The van der Waals surface area contributed by atoms with Crippen molar-refractivity contribution >= 4 is 0 Å². The van der Waals surface area contributed by atoms with Crippen LogP contribution in [0.5, 0.6) is 0 Å². The van der Waals surface area contributed by atoms with E-state index in [9.17, 15) is 91.9 Å². The fourth-order valence-electron chi connectivity index (χ4n) is 18.0. The highest BCUT2D eigenvalue weighted by Crippen LogP contribution is 2.76. The van der Waals surface area contributed by atoms with E-state index >= 15 is 0 Å². The first-order chi connectivity index (χ1) is 41.1. The second-order valence-electron chi connectivity index (χ2n) is 29.3. The summed E-state index contributed by atoms with van der Waals surface area (Å²) in [6.45, 7) is 13.7. The monoisotopic (exact) mass is 1270 g/mol. The smallest absolute Gasteiger partial charge is 0.187 e. The zero-order valence-electron chi connectivity index (χ0n) is 51.3. The average Bonchev–Trinajstić information content (AvgIpc) is 0.755. The Bertz CT molecular complexity index is 2400. The van der Waals surface area contributed by atoms with E-state index in [0.29, 0.717) is 38.5 Å². The van der Waals surface area contributed by atoms with E-state index in [1.165, 1.54) is 6.92 Å². The van der Waals surface area contributed by atoms with Crippen LogP contribution >= 0.6 is 0 Å². The largest absolute Gasteiger partial charge is 0.394 e. The second-order valence-corrected chi connectivity index (χ2v) is 29.3. The molecule has 9 fully saturated rings. The van der Waals surface area contributed by atoms with Crippen LogP contribution in [0.15, 0.2) is 11.6 Å². The van der Waals surface area contributed by atoms with E-state index in [1.807, 2.05) is 13.8 Å². The third-order valence-electron chi connectivity index (χ3n) is 23.8. The molecule has 35 atom stereocenters. The molecule has 0 unspecified atom stereocenters. The molecule has 5 saturated heterocycles. The summed E-state index contributed by atoms with van der Waals surface area (Å²) in [5.41, 5.74) is -2.51. The highest BCUT2D eigenvalue weighted by atomic mass is 16.8. The van der Waals surface area contributed by atoms with Gasteiger partial charge in [0, 0.05) is 5.41 Å². The van der Waals surface area contributed by atoms with Gasteiger partial charge in [-0.1, -0.05) is 60.1 Å². The van der Waals surface area contributed by atoms with Crippen molar-refractivity contribution in [3.8, 4) is 0 Å². The number of fused-ring (bicyclic) bond motifs is 7. The van der Waals surface area contributed by atoms with Crippen molar-refractivity contribution in [2.75, 3.05) is 33.0 Å². The van der Waals surface area contributed by atoms with Crippen LogP contribution in [0, 0.1) is 50.2 Å². The number of aliphatic hydroxyl groups excluding tert-OH is 18. The van der Waals surface area contributed by atoms with Crippen LogP contribution in [-0.2, 0) is 47.4 Å². The van der Waals surface area contributed by atoms with E-state index in [-0.39, 0.29) is 29.3 Å². The molecular formula is C60H100O28. The summed E-state index contributed by atoms with van der Waals surface area (Å²) in [5, 5.41) is 196. The van der Waals surface area contributed by atoms with Gasteiger partial charge < -0.3 is 139 Å². The number of rotatable bonds is 15. The Kier molecular flexibility index (Phi) is 20.2. The van der Waals surface area contributed by atoms with Crippen molar-refractivity contribution in [2.45, 2.75) is 279 Å². The zero-order chi connectivity index (χ0) is 64.4. The molecule has 10 rings (SSSR count). The van der Waals surface area contributed by atoms with Gasteiger partial charge in [0.25, 0.3) is 0 Å². The van der Waals surface area contributed by atoms with E-state index in [4.69, 9.17) is 47.4 Å². The summed E-state index contributed by atoms with van der Waals surface area (Å²) in [6, 6.07) is 0. The summed E-state index contributed by atoms with van der Waals surface area (Å²) in [7, 11) is 0. The van der Waals surface area contributed by atoms with E-state index in [1.54, 1.807) is 0 Å². The molecule has 28 heteroatoms. The van der Waals surface area contributed by atoms with E-state index in [0.717, 1.165) is 18.4 Å². The maximum absolute atomic E-state index is 12.7. The molecule has 0 aromatic carbocycles. The lowest BCUT2D eigenvalue weighted by atomic mass is 9.33. The number of ether oxygens (including phenoxy) is 10. The first kappa shape index (κ1) is 69.4. The Labute approximate surface area is 511 Å². The minimum atomic E-state index is -1.91. The highest BCUT2D eigenvalue weighted by Gasteiger charge is 2.71. The SMILES string of the molecule is C[C@@H]1O[C@@H](O[C@H]2[C@H](OC[C@@]34CC[C@]5(C)C(=CC[C@@H]6[C@@]7(C)CC[C@H](O[C@@H]8O[C@H](CO[C@@H]9O[C@H](CO)[C@@H](O)[C@H](O)[C@H]9O)[C@@H](O)[C@H](O)[C@H]8O)C(C)(C)[C@@H]7CC[C@]65C)[C@@H]3CC(C)(C)[C@@H](O)[C@@H]4O)O[C@H](CO[C@@H]3O[C@H](CO)[C@@H](O)[C@H](O)[C@H]3O)[C@@H](O)[C@@H]2O)[C@H](O)[C@H](O)[C@H]1O. The standard InChI is InChI=1S/C60H100O28/c1-23-33(63)38(68)45(75)52(82-23)88-47-42(72)37(67)29(21-80-51-44(74)40(70)35(65)27(19-62)84-51)86-54(47)81-22-60-16-15-58(7)24(25(60)17-55(2,3)48(77)49(60)78)9-10-31-57(6)13-12-32(56(4,5)30(57)11-14-59(31,58)8)87-53-46(76)41(71)36(66)28(85-53)20-79-50-43(73)39(69)34(64)26(18-61)83-50/h9,23,25-54,61-78H,10-22H2,1-8H3/t23-,25-,26+,27+,28+,29+,30-,31+,32-,33-,34+,35+,36+,37+,38+,39-,40-,41-,42-,43+,44+,45+,46+,47+,48-,49-,50+,51+,52-,53-,54+,57-,58+,59+,60-/m0/s1. The van der Waals surface area contributed by atoms with Gasteiger partial charge in [-0.15, -0.1) is 0 Å². The molecule has 0 amide bonds. The van der Waals surface area contributed by atoms with E-state index in [2.05, 4.69) is 40.7 Å². The van der Waals surface area contributed by atoms with Crippen molar-refractivity contribution in [3.63, 3.8) is 0 Å². The molecule has 18 N–H and O–H groups in total. The molecule has 5 aliphatic carbocycles. The fraction of sp³-hybridized carbons (Fsp3) is 0.967. The molecule has 88 heavy (non-hydrogen) atoms. The molecule has 10 aliphatic rings. The molecular weight excluding hydrogens is 1170 g/mol. The average molecular weight is 1270 g/mol. The van der Waals surface area contributed by atoms with Crippen LogP contribution < -0.4 is 0 Å². The third kappa shape index (κ3) is 11.5. The lowest BCUT2D eigenvalue weighted by Gasteiger charge is -2.72. The second kappa shape index (κ2) is 25.6. The molecule has 0 spiro atoms. The molecule has 4 saturated carbocycles. The van der Waals surface area contributed by atoms with Crippen molar-refractivity contribution < 1.29 is 139 Å². The van der Waals surface area contributed by atoms with Gasteiger partial charge in [-0.2, -0.15) is 0 Å². The van der Waals surface area contributed by atoms with Crippen molar-refractivity contribution in [1.29, 1.82) is 0 Å². The molecule has 0 aromatic heterocycles. The maximum atomic E-state index is 12.7. The van der Waals surface area contributed by atoms with Crippen LogP contribution in [0.4, 0.5) is 0 Å². The van der Waals surface area contributed by atoms with Crippen molar-refractivity contribution in [1.82, 2.24) is 0 Å². The van der Waals surface area contributed by atoms with Gasteiger partial charge in [0.2, 0.25) is 0 Å². The Hall–Kier alpha value is -1.38. The predicted molar refractivity (Wildman–Crippen MR) is 297 cm³/mol. The van der Waals surface area contributed by atoms with Crippen LogP contribution in [0.2, 0.25) is 0 Å². The Balaban J connectivity index is 0.885. The minimum absolute atomic E-state index is 0.0706. The topological polar surface area (TPSA) is 456 Å².